The van der Waals surface area contributed by atoms with Crippen molar-refractivity contribution in [2.45, 2.75) is 42.9 Å². The van der Waals surface area contributed by atoms with Crippen LogP contribution < -0.4 is 4.74 Å². The summed E-state index contributed by atoms with van der Waals surface area (Å²) in [6, 6.07) is 2.29. The molecule has 2 heterocycles. The highest BCUT2D eigenvalue weighted by atomic mass is 35.5. The van der Waals surface area contributed by atoms with Gasteiger partial charge in [0.05, 0.1) is 15.8 Å². The van der Waals surface area contributed by atoms with Gasteiger partial charge in [-0.25, -0.2) is 8.42 Å². The zero-order chi connectivity index (χ0) is 17.6. The third-order valence-corrected chi connectivity index (χ3v) is 6.75. The maximum atomic E-state index is 12.8. The molecule has 2 aliphatic rings. The number of carboxylic acid groups (broad SMARTS) is 1. The highest BCUT2D eigenvalue weighted by Gasteiger charge is 2.54. The first-order valence-corrected chi connectivity index (χ1v) is 9.04. The topological polar surface area (TPSA) is 83.9 Å². The number of nitrogens with zero attached hydrogens (tertiary/aromatic N) is 1. The van der Waals surface area contributed by atoms with E-state index in [1.807, 2.05) is 0 Å². The lowest BCUT2D eigenvalue weighted by atomic mass is 9.89. The van der Waals surface area contributed by atoms with Gasteiger partial charge in [-0.15, -0.1) is 0 Å². The molecular formula is C14H14ClF2NO5S. The maximum absolute atomic E-state index is 12.8. The molecule has 3 rings (SSSR count). The number of fused-ring (bicyclic) bond motifs is 2. The van der Waals surface area contributed by atoms with Gasteiger partial charge in [-0.2, -0.15) is 13.1 Å². The van der Waals surface area contributed by atoms with Gasteiger partial charge in [0.15, 0.2) is 0 Å². The lowest BCUT2D eigenvalue weighted by Gasteiger charge is -2.22. The lowest BCUT2D eigenvalue weighted by Crippen LogP contribution is -2.37. The average Bonchev–Trinajstić information content (AvgIpc) is 3.07. The number of hydrogen-bond acceptors (Lipinski definition) is 4. The second-order valence-electron chi connectivity index (χ2n) is 5.78. The molecule has 2 saturated heterocycles. The molecule has 3 atom stereocenters. The van der Waals surface area contributed by atoms with E-state index in [1.54, 1.807) is 0 Å². The van der Waals surface area contributed by atoms with Crippen molar-refractivity contribution in [2.75, 3.05) is 0 Å². The molecule has 3 unspecified atom stereocenters. The van der Waals surface area contributed by atoms with Crippen LogP contribution in [0.4, 0.5) is 8.78 Å². The van der Waals surface area contributed by atoms with Gasteiger partial charge in [-0.3, -0.25) is 4.79 Å². The van der Waals surface area contributed by atoms with E-state index < -0.39 is 34.6 Å². The zero-order valence-corrected chi connectivity index (χ0v) is 13.8. The van der Waals surface area contributed by atoms with Crippen LogP contribution >= 0.6 is 11.6 Å². The van der Waals surface area contributed by atoms with Crippen LogP contribution in [0.5, 0.6) is 5.75 Å². The first-order valence-electron chi connectivity index (χ1n) is 7.22. The molecule has 1 aromatic carbocycles. The molecule has 0 radical (unpaired) electrons. The minimum absolute atomic E-state index is 0.169. The Balaban J connectivity index is 1.92. The molecule has 2 bridgehead atoms. The monoisotopic (exact) mass is 381 g/mol. The highest BCUT2D eigenvalue weighted by molar-refractivity contribution is 7.89. The van der Waals surface area contributed by atoms with Crippen molar-refractivity contribution in [2.24, 2.45) is 5.92 Å². The normalized spacial score (nSPS) is 26.9. The Kier molecular flexibility index (Phi) is 4.43. The number of ether oxygens (including phenoxy) is 1. The fraction of sp³-hybridized carbons (Fsp3) is 0.500. The van der Waals surface area contributed by atoms with E-state index in [-0.39, 0.29) is 28.1 Å². The summed E-state index contributed by atoms with van der Waals surface area (Å²) >= 11 is 5.82. The molecule has 2 aliphatic heterocycles. The number of benzene rings is 1. The molecule has 132 valence electrons. The molecule has 1 N–H and O–H groups in total. The van der Waals surface area contributed by atoms with Crippen LogP contribution in [0.15, 0.2) is 23.1 Å². The quantitative estimate of drug-likeness (QED) is 0.847. The minimum Gasteiger partial charge on any atom is -0.481 e. The van der Waals surface area contributed by atoms with E-state index in [0.717, 1.165) is 18.2 Å². The Morgan fingerprint density at radius 2 is 2.08 bits per heavy atom. The van der Waals surface area contributed by atoms with Gasteiger partial charge in [-0.05, 0) is 37.5 Å². The Hall–Kier alpha value is -1.45. The molecule has 24 heavy (non-hydrogen) atoms. The molecule has 1 aromatic rings. The van der Waals surface area contributed by atoms with Crippen molar-refractivity contribution >= 4 is 27.6 Å². The molecule has 0 aromatic heterocycles. The summed E-state index contributed by atoms with van der Waals surface area (Å²) in [5, 5.41) is 8.97. The smallest absolute Gasteiger partial charge is 0.387 e. The van der Waals surface area contributed by atoms with Crippen molar-refractivity contribution in [3.05, 3.63) is 23.2 Å². The van der Waals surface area contributed by atoms with Crippen molar-refractivity contribution in [1.82, 2.24) is 4.31 Å². The lowest BCUT2D eigenvalue weighted by molar-refractivity contribution is -0.142. The summed E-state index contributed by atoms with van der Waals surface area (Å²) in [4.78, 5) is 11.1. The zero-order valence-electron chi connectivity index (χ0n) is 12.2. The predicted octanol–water partition coefficient (Wildman–Crippen LogP) is 2.57. The summed E-state index contributed by atoms with van der Waals surface area (Å²) in [6.07, 6.45) is 1.37. The minimum atomic E-state index is -3.97. The third kappa shape index (κ3) is 2.84. The molecule has 0 aliphatic carbocycles. The first-order chi connectivity index (χ1) is 11.2. The van der Waals surface area contributed by atoms with Crippen LogP contribution in [0.25, 0.3) is 0 Å². The summed E-state index contributed by atoms with van der Waals surface area (Å²) in [5.74, 6) is -2.06. The van der Waals surface area contributed by atoms with Crippen molar-refractivity contribution in [3.63, 3.8) is 0 Å². The number of alkyl halides is 2. The van der Waals surface area contributed by atoms with Crippen LogP contribution in [0.2, 0.25) is 5.02 Å². The van der Waals surface area contributed by atoms with E-state index in [9.17, 15) is 27.1 Å². The number of rotatable bonds is 5. The third-order valence-electron chi connectivity index (χ3n) is 4.48. The summed E-state index contributed by atoms with van der Waals surface area (Å²) in [6.45, 7) is -3.07. The number of carboxylic acids is 1. The van der Waals surface area contributed by atoms with Gasteiger partial charge >= 0.3 is 12.6 Å². The Bertz CT molecular complexity index is 772. The van der Waals surface area contributed by atoms with Crippen LogP contribution in [-0.4, -0.2) is 42.5 Å². The first kappa shape index (κ1) is 17.4. The van der Waals surface area contributed by atoms with E-state index >= 15 is 0 Å². The second-order valence-corrected chi connectivity index (χ2v) is 8.04. The van der Waals surface area contributed by atoms with Gasteiger partial charge in [-0.1, -0.05) is 11.6 Å². The fourth-order valence-electron chi connectivity index (χ4n) is 3.53. The van der Waals surface area contributed by atoms with Gasteiger partial charge < -0.3 is 9.84 Å². The predicted molar refractivity (Wildman–Crippen MR) is 79.7 cm³/mol. The summed E-state index contributed by atoms with van der Waals surface area (Å²) < 4.78 is 55.6. The number of hydrogen-bond donors (Lipinski definition) is 1. The number of carbonyl (C=O) groups is 1. The van der Waals surface area contributed by atoms with Crippen LogP contribution in [0.1, 0.15) is 19.3 Å². The highest BCUT2D eigenvalue weighted by Crippen LogP contribution is 2.45. The number of halogens is 3. The molecule has 10 heteroatoms. The van der Waals surface area contributed by atoms with Crippen molar-refractivity contribution < 1.29 is 31.8 Å². The molecule has 0 amide bonds. The Morgan fingerprint density at radius 3 is 2.62 bits per heavy atom. The van der Waals surface area contributed by atoms with Crippen molar-refractivity contribution in [1.29, 1.82) is 0 Å². The Morgan fingerprint density at radius 1 is 1.38 bits per heavy atom. The molecule has 0 spiro atoms. The fourth-order valence-corrected chi connectivity index (χ4v) is 5.77. The standard InChI is InChI=1S/C14H14ClF2NO5S/c15-10-6-8(2-4-12(10)23-14(16)17)24(21,22)18-7-1-3-11(18)9(5-7)13(19)20/h2,4,6-7,9,11,14H,1,3,5H2,(H,19,20). The molecule has 6 nitrogen and oxygen atoms in total. The number of aliphatic carboxylic acids is 1. The summed E-state index contributed by atoms with van der Waals surface area (Å²) in [7, 11) is -3.97. The SMILES string of the molecule is O=C(O)C1CC2CCC1N2S(=O)(=O)c1ccc(OC(F)F)c(Cl)c1. The molecule has 0 saturated carbocycles. The summed E-state index contributed by atoms with van der Waals surface area (Å²) in [5.41, 5.74) is 0. The Labute approximate surface area is 142 Å². The van der Waals surface area contributed by atoms with E-state index in [2.05, 4.69) is 4.74 Å². The van der Waals surface area contributed by atoms with Crippen LogP contribution in [-0.2, 0) is 14.8 Å². The van der Waals surface area contributed by atoms with E-state index in [1.165, 1.54) is 4.31 Å². The largest absolute Gasteiger partial charge is 0.481 e. The van der Waals surface area contributed by atoms with Gasteiger partial charge in [0.25, 0.3) is 0 Å². The van der Waals surface area contributed by atoms with Gasteiger partial charge in [0.1, 0.15) is 5.75 Å². The van der Waals surface area contributed by atoms with E-state index in [4.69, 9.17) is 11.6 Å². The van der Waals surface area contributed by atoms with Crippen LogP contribution in [0, 0.1) is 5.92 Å². The van der Waals surface area contributed by atoms with Gasteiger partial charge in [0.2, 0.25) is 10.0 Å². The number of sulfonamides is 1. The maximum Gasteiger partial charge on any atom is 0.387 e. The van der Waals surface area contributed by atoms with Gasteiger partial charge in [0, 0.05) is 12.1 Å². The second kappa shape index (κ2) is 6.12. The van der Waals surface area contributed by atoms with Crippen molar-refractivity contribution in [3.8, 4) is 5.75 Å². The van der Waals surface area contributed by atoms with Crippen LogP contribution in [0.3, 0.4) is 0 Å². The molecule has 2 fully saturated rings. The average molecular weight is 382 g/mol. The van der Waals surface area contributed by atoms with E-state index in [0.29, 0.717) is 12.8 Å². The molecular weight excluding hydrogens is 368 g/mol.